The molecule has 5 heteroatoms. The van der Waals surface area contributed by atoms with Crippen molar-refractivity contribution in [3.8, 4) is 0 Å². The summed E-state index contributed by atoms with van der Waals surface area (Å²) in [6, 6.07) is 5.59. The second-order valence-electron chi connectivity index (χ2n) is 5.95. The Morgan fingerprint density at radius 1 is 1.10 bits per heavy atom. The van der Waals surface area contributed by atoms with Crippen molar-refractivity contribution in [2.45, 2.75) is 51.4 Å². The summed E-state index contributed by atoms with van der Waals surface area (Å²) in [5.41, 5.74) is 0.828. The van der Waals surface area contributed by atoms with Gasteiger partial charge in [-0.2, -0.15) is 0 Å². The summed E-state index contributed by atoms with van der Waals surface area (Å²) in [6.45, 7) is 0.602. The Morgan fingerprint density at radius 3 is 2.48 bits per heavy atom. The van der Waals surface area contributed by atoms with Crippen molar-refractivity contribution in [3.63, 3.8) is 0 Å². The average molecular weight is 310 g/mol. The minimum atomic E-state index is -3.19. The predicted molar refractivity (Wildman–Crippen MR) is 85.5 cm³/mol. The van der Waals surface area contributed by atoms with Crippen LogP contribution in [0.1, 0.15) is 50.6 Å². The van der Waals surface area contributed by atoms with Crippen molar-refractivity contribution in [1.29, 1.82) is 0 Å². The normalized spacial score (nSPS) is 18.1. The largest absolute Gasteiger partial charge is 0.261 e. The predicted octanol–water partition coefficient (Wildman–Crippen LogP) is 2.90. The highest BCUT2D eigenvalue weighted by atomic mass is 32.2. The molecule has 2 rings (SSSR count). The molecule has 0 aliphatic heterocycles. The molecule has 0 radical (unpaired) electrons. The van der Waals surface area contributed by atoms with Crippen LogP contribution in [0.15, 0.2) is 24.4 Å². The molecule has 0 aromatic carbocycles. The van der Waals surface area contributed by atoms with Crippen molar-refractivity contribution in [1.82, 2.24) is 9.71 Å². The van der Waals surface area contributed by atoms with Gasteiger partial charge in [0.05, 0.1) is 5.75 Å². The van der Waals surface area contributed by atoms with Gasteiger partial charge in [-0.05, 0) is 30.9 Å². The number of sulfonamides is 1. The van der Waals surface area contributed by atoms with E-state index in [0.717, 1.165) is 18.5 Å². The van der Waals surface area contributed by atoms with Crippen molar-refractivity contribution >= 4 is 10.0 Å². The lowest BCUT2D eigenvalue weighted by molar-refractivity contribution is 0.376. The van der Waals surface area contributed by atoms with Crippen molar-refractivity contribution in [2.24, 2.45) is 5.92 Å². The summed E-state index contributed by atoms with van der Waals surface area (Å²) in [5, 5.41) is 0. The summed E-state index contributed by atoms with van der Waals surface area (Å²) in [7, 11) is -3.19. The third-order valence-electron chi connectivity index (χ3n) is 4.17. The Kier molecular flexibility index (Phi) is 6.64. The number of hydrogen-bond acceptors (Lipinski definition) is 3. The quantitative estimate of drug-likeness (QED) is 0.879. The van der Waals surface area contributed by atoms with E-state index < -0.39 is 10.0 Å². The standard InChI is InChI=1S/C16H26N2O2S/c19-21(20,13-11-16-10-6-7-12-17-16)18-14-15-8-4-2-1-3-5-9-15/h6-7,10,12,15,18H,1-5,8-9,11,13-14H2. The fraction of sp³-hybridized carbons (Fsp3) is 0.688. The molecule has 1 aliphatic carbocycles. The molecule has 0 spiro atoms. The molecule has 118 valence electrons. The molecule has 1 saturated carbocycles. The summed E-state index contributed by atoms with van der Waals surface area (Å²) in [5.74, 6) is 0.631. The highest BCUT2D eigenvalue weighted by Gasteiger charge is 2.16. The minimum absolute atomic E-state index is 0.122. The minimum Gasteiger partial charge on any atom is -0.261 e. The monoisotopic (exact) mass is 310 g/mol. The highest BCUT2D eigenvalue weighted by Crippen LogP contribution is 2.21. The number of aromatic nitrogens is 1. The van der Waals surface area contributed by atoms with E-state index in [9.17, 15) is 8.42 Å². The van der Waals surface area contributed by atoms with Crippen LogP contribution in [0.2, 0.25) is 0 Å². The first-order valence-electron chi connectivity index (χ1n) is 8.03. The van der Waals surface area contributed by atoms with E-state index in [-0.39, 0.29) is 5.75 Å². The second kappa shape index (κ2) is 8.49. The van der Waals surface area contributed by atoms with Crippen LogP contribution in [0.25, 0.3) is 0 Å². The molecule has 1 heterocycles. The molecule has 0 amide bonds. The van der Waals surface area contributed by atoms with Gasteiger partial charge in [0.2, 0.25) is 10.0 Å². The summed E-state index contributed by atoms with van der Waals surface area (Å²) < 4.78 is 26.9. The molecule has 0 bridgehead atoms. The average Bonchev–Trinajstić information content (AvgIpc) is 2.45. The van der Waals surface area contributed by atoms with Gasteiger partial charge in [-0.25, -0.2) is 13.1 Å². The molecule has 1 aliphatic rings. The Hall–Kier alpha value is -0.940. The maximum Gasteiger partial charge on any atom is 0.211 e. The van der Waals surface area contributed by atoms with Crippen LogP contribution in [-0.2, 0) is 16.4 Å². The molecular formula is C16H26N2O2S. The molecule has 1 fully saturated rings. The van der Waals surface area contributed by atoms with E-state index in [0.29, 0.717) is 18.9 Å². The van der Waals surface area contributed by atoms with Crippen molar-refractivity contribution in [3.05, 3.63) is 30.1 Å². The van der Waals surface area contributed by atoms with Gasteiger partial charge in [0.1, 0.15) is 0 Å². The van der Waals surface area contributed by atoms with Gasteiger partial charge < -0.3 is 0 Å². The SMILES string of the molecule is O=S(=O)(CCc1ccccn1)NCC1CCCCCCC1. The van der Waals surface area contributed by atoms with Gasteiger partial charge in [0.15, 0.2) is 0 Å². The van der Waals surface area contributed by atoms with Crippen LogP contribution in [-0.4, -0.2) is 25.7 Å². The first kappa shape index (κ1) is 16.4. The lowest BCUT2D eigenvalue weighted by atomic mass is 9.91. The Morgan fingerprint density at radius 2 is 1.81 bits per heavy atom. The van der Waals surface area contributed by atoms with Gasteiger partial charge in [-0.15, -0.1) is 0 Å². The van der Waals surface area contributed by atoms with E-state index in [1.165, 1.54) is 32.1 Å². The number of pyridine rings is 1. The molecule has 4 nitrogen and oxygen atoms in total. The summed E-state index contributed by atoms with van der Waals surface area (Å²) in [6.07, 6.45) is 10.9. The van der Waals surface area contributed by atoms with Gasteiger partial charge in [0.25, 0.3) is 0 Å². The lowest BCUT2D eigenvalue weighted by Gasteiger charge is -2.20. The Bertz CT molecular complexity index is 494. The molecule has 1 aromatic rings. The zero-order valence-electron chi connectivity index (χ0n) is 12.6. The van der Waals surface area contributed by atoms with Crippen molar-refractivity contribution in [2.75, 3.05) is 12.3 Å². The fourth-order valence-electron chi connectivity index (χ4n) is 2.85. The lowest BCUT2D eigenvalue weighted by Crippen LogP contribution is -2.32. The summed E-state index contributed by atoms with van der Waals surface area (Å²) >= 11 is 0. The van der Waals surface area contributed by atoms with Crippen LogP contribution in [0.3, 0.4) is 0 Å². The molecule has 0 atom stereocenters. The molecule has 1 aromatic heterocycles. The number of nitrogens with one attached hydrogen (secondary N) is 1. The first-order valence-corrected chi connectivity index (χ1v) is 9.68. The topological polar surface area (TPSA) is 59.1 Å². The van der Waals surface area contributed by atoms with Crippen LogP contribution >= 0.6 is 0 Å². The molecular weight excluding hydrogens is 284 g/mol. The Labute approximate surface area is 128 Å². The number of aryl methyl sites for hydroxylation is 1. The third-order valence-corrected chi connectivity index (χ3v) is 5.52. The van der Waals surface area contributed by atoms with Gasteiger partial charge in [0, 0.05) is 24.9 Å². The maximum atomic E-state index is 12.1. The molecule has 21 heavy (non-hydrogen) atoms. The van der Waals surface area contributed by atoms with Gasteiger partial charge in [-0.3, -0.25) is 4.98 Å². The third kappa shape index (κ3) is 6.57. The van der Waals surface area contributed by atoms with Gasteiger partial charge in [-0.1, -0.05) is 38.2 Å². The van der Waals surface area contributed by atoms with Crippen molar-refractivity contribution < 1.29 is 8.42 Å². The highest BCUT2D eigenvalue weighted by molar-refractivity contribution is 7.89. The number of hydrogen-bond donors (Lipinski definition) is 1. The van der Waals surface area contributed by atoms with E-state index in [4.69, 9.17) is 0 Å². The van der Waals surface area contributed by atoms with Crippen LogP contribution < -0.4 is 4.72 Å². The second-order valence-corrected chi connectivity index (χ2v) is 7.88. The smallest absolute Gasteiger partial charge is 0.211 e. The van der Waals surface area contributed by atoms with E-state index >= 15 is 0 Å². The van der Waals surface area contributed by atoms with E-state index in [1.807, 2.05) is 18.2 Å². The van der Waals surface area contributed by atoms with Crippen LogP contribution in [0, 0.1) is 5.92 Å². The first-order chi connectivity index (χ1) is 10.2. The number of nitrogens with zero attached hydrogens (tertiary/aromatic N) is 1. The number of rotatable bonds is 6. The fourth-order valence-corrected chi connectivity index (χ4v) is 3.96. The van der Waals surface area contributed by atoms with Crippen LogP contribution in [0.4, 0.5) is 0 Å². The van der Waals surface area contributed by atoms with E-state index in [2.05, 4.69) is 9.71 Å². The zero-order chi connectivity index (χ0) is 15.0. The van der Waals surface area contributed by atoms with Gasteiger partial charge >= 0.3 is 0 Å². The van der Waals surface area contributed by atoms with E-state index in [1.54, 1.807) is 6.20 Å². The summed E-state index contributed by atoms with van der Waals surface area (Å²) in [4.78, 5) is 4.16. The molecule has 0 unspecified atom stereocenters. The molecule has 1 N–H and O–H groups in total. The maximum absolute atomic E-state index is 12.1. The zero-order valence-corrected chi connectivity index (χ0v) is 13.4. The van der Waals surface area contributed by atoms with Crippen LogP contribution in [0.5, 0.6) is 0 Å². The molecule has 0 saturated heterocycles. The Balaban J connectivity index is 1.75.